The van der Waals surface area contributed by atoms with Gasteiger partial charge in [0.2, 0.25) is 0 Å². The summed E-state index contributed by atoms with van der Waals surface area (Å²) < 4.78 is 7.90. The van der Waals surface area contributed by atoms with Gasteiger partial charge in [0.25, 0.3) is 0 Å². The quantitative estimate of drug-likeness (QED) is 0.805. The van der Waals surface area contributed by atoms with E-state index in [1.807, 2.05) is 13.0 Å². The fourth-order valence-corrected chi connectivity index (χ4v) is 3.05. The highest BCUT2D eigenvalue weighted by Gasteiger charge is 2.50. The number of halogens is 1. The molecule has 2 heterocycles. The van der Waals surface area contributed by atoms with E-state index in [9.17, 15) is 0 Å². The molecule has 4 nitrogen and oxygen atoms in total. The molecule has 0 bridgehead atoms. The molecule has 1 aliphatic heterocycles. The maximum absolute atomic E-state index is 6.19. The molecule has 0 N–H and O–H groups in total. The van der Waals surface area contributed by atoms with E-state index in [4.69, 9.17) is 16.3 Å². The SMILES string of the molecule is Cc1cc2c(cc1Cl)OCc1nnc(C3CC3(C)C)n1-2. The standard InChI is InChI=1S/C15H16ClN3O/c1-8-4-11-12(5-10(8)16)20-7-13-17-18-14(19(11)13)9-6-15(9,2)3/h4-5,9H,6-7H2,1-3H3. The van der Waals surface area contributed by atoms with Gasteiger partial charge < -0.3 is 4.74 Å². The van der Waals surface area contributed by atoms with Crippen molar-refractivity contribution in [3.8, 4) is 11.4 Å². The molecule has 0 amide bonds. The number of aryl methyl sites for hydroxylation is 1. The van der Waals surface area contributed by atoms with Crippen LogP contribution in [0.25, 0.3) is 5.69 Å². The maximum atomic E-state index is 6.19. The fraction of sp³-hybridized carbons (Fsp3) is 0.467. The summed E-state index contributed by atoms with van der Waals surface area (Å²) in [5.41, 5.74) is 2.37. The zero-order valence-electron chi connectivity index (χ0n) is 11.8. The number of ether oxygens (including phenoxy) is 1. The first kappa shape index (κ1) is 12.2. The summed E-state index contributed by atoms with van der Waals surface area (Å²) in [6.07, 6.45) is 1.16. The number of hydrogen-bond acceptors (Lipinski definition) is 3. The predicted octanol–water partition coefficient (Wildman–Crippen LogP) is 3.64. The molecule has 2 aliphatic rings. The smallest absolute Gasteiger partial charge is 0.175 e. The van der Waals surface area contributed by atoms with Crippen molar-refractivity contribution in [2.45, 2.75) is 39.7 Å². The summed E-state index contributed by atoms with van der Waals surface area (Å²) in [6.45, 7) is 6.99. The highest BCUT2D eigenvalue weighted by Crippen LogP contribution is 2.58. The molecule has 0 spiro atoms. The Balaban J connectivity index is 1.91. The molecule has 5 heteroatoms. The minimum atomic E-state index is 0.323. The minimum absolute atomic E-state index is 0.323. The van der Waals surface area contributed by atoms with Crippen molar-refractivity contribution >= 4 is 11.6 Å². The molecule has 1 fully saturated rings. The Morgan fingerprint density at radius 2 is 2.10 bits per heavy atom. The van der Waals surface area contributed by atoms with Crippen LogP contribution in [0.1, 0.15) is 43.4 Å². The molecule has 1 atom stereocenters. The zero-order valence-corrected chi connectivity index (χ0v) is 12.5. The molecule has 4 rings (SSSR count). The van der Waals surface area contributed by atoms with E-state index in [0.717, 1.165) is 40.1 Å². The van der Waals surface area contributed by atoms with E-state index >= 15 is 0 Å². The summed E-state index contributed by atoms with van der Waals surface area (Å²) in [6, 6.07) is 3.94. The number of nitrogens with zero attached hydrogens (tertiary/aromatic N) is 3. The van der Waals surface area contributed by atoms with Crippen molar-refractivity contribution in [3.05, 3.63) is 34.4 Å². The van der Waals surface area contributed by atoms with Crippen molar-refractivity contribution in [1.29, 1.82) is 0 Å². The summed E-state index contributed by atoms with van der Waals surface area (Å²) in [5.74, 6) is 3.21. The van der Waals surface area contributed by atoms with Gasteiger partial charge in [-0.15, -0.1) is 10.2 Å². The molecule has 0 radical (unpaired) electrons. The van der Waals surface area contributed by atoms with Crippen LogP contribution in [0.5, 0.6) is 5.75 Å². The lowest BCUT2D eigenvalue weighted by Crippen LogP contribution is -2.15. The van der Waals surface area contributed by atoms with Crippen LogP contribution in [0.15, 0.2) is 12.1 Å². The van der Waals surface area contributed by atoms with Crippen LogP contribution >= 0.6 is 11.6 Å². The Labute approximate surface area is 122 Å². The van der Waals surface area contributed by atoms with Crippen molar-refractivity contribution in [1.82, 2.24) is 14.8 Å². The lowest BCUT2D eigenvalue weighted by Gasteiger charge is -2.21. The molecule has 2 aromatic rings. The lowest BCUT2D eigenvalue weighted by molar-refractivity contribution is 0.278. The Hall–Kier alpha value is -1.55. The minimum Gasteiger partial charge on any atom is -0.483 e. The van der Waals surface area contributed by atoms with Gasteiger partial charge in [0.05, 0.1) is 5.69 Å². The van der Waals surface area contributed by atoms with Crippen molar-refractivity contribution in [2.24, 2.45) is 5.41 Å². The van der Waals surface area contributed by atoms with Crippen LogP contribution in [-0.2, 0) is 6.61 Å². The molecular formula is C15H16ClN3O. The van der Waals surface area contributed by atoms with Crippen LogP contribution < -0.4 is 4.74 Å². The third-order valence-corrected chi connectivity index (χ3v) is 4.83. The molecule has 104 valence electrons. The molecule has 1 saturated carbocycles. The number of rotatable bonds is 1. The van der Waals surface area contributed by atoms with E-state index in [1.54, 1.807) is 0 Å². The first-order valence-corrected chi connectivity index (χ1v) is 7.23. The Kier molecular flexibility index (Phi) is 2.29. The monoisotopic (exact) mass is 289 g/mol. The normalized spacial score (nSPS) is 21.9. The molecule has 0 saturated heterocycles. The molecule has 20 heavy (non-hydrogen) atoms. The summed E-state index contributed by atoms with van der Waals surface area (Å²) >= 11 is 6.19. The first-order chi connectivity index (χ1) is 9.47. The van der Waals surface area contributed by atoms with Crippen molar-refractivity contribution < 1.29 is 4.74 Å². The Morgan fingerprint density at radius 1 is 1.35 bits per heavy atom. The highest BCUT2D eigenvalue weighted by atomic mass is 35.5. The second-order valence-electron chi connectivity index (χ2n) is 6.41. The first-order valence-electron chi connectivity index (χ1n) is 6.85. The second-order valence-corrected chi connectivity index (χ2v) is 6.82. The third kappa shape index (κ3) is 1.61. The van der Waals surface area contributed by atoms with Crippen molar-refractivity contribution in [3.63, 3.8) is 0 Å². The van der Waals surface area contributed by atoms with Crippen LogP contribution in [0.3, 0.4) is 0 Å². The largest absolute Gasteiger partial charge is 0.483 e. The molecule has 1 aromatic heterocycles. The van der Waals surface area contributed by atoms with E-state index in [2.05, 4.69) is 34.7 Å². The van der Waals surface area contributed by atoms with Gasteiger partial charge in [-0.3, -0.25) is 4.57 Å². The van der Waals surface area contributed by atoms with Gasteiger partial charge >= 0.3 is 0 Å². The number of benzene rings is 1. The summed E-state index contributed by atoms with van der Waals surface area (Å²) in [4.78, 5) is 0. The maximum Gasteiger partial charge on any atom is 0.175 e. The fourth-order valence-electron chi connectivity index (χ4n) is 2.90. The van der Waals surface area contributed by atoms with Crippen molar-refractivity contribution in [2.75, 3.05) is 0 Å². The zero-order chi connectivity index (χ0) is 14.1. The highest BCUT2D eigenvalue weighted by molar-refractivity contribution is 6.31. The van der Waals surface area contributed by atoms with Gasteiger partial charge in [-0.05, 0) is 30.4 Å². The Morgan fingerprint density at radius 3 is 2.80 bits per heavy atom. The number of hydrogen-bond donors (Lipinski definition) is 0. The van der Waals surface area contributed by atoms with Crippen LogP contribution in [0.4, 0.5) is 0 Å². The van der Waals surface area contributed by atoms with Gasteiger partial charge in [-0.1, -0.05) is 25.4 Å². The molecule has 1 unspecified atom stereocenters. The van der Waals surface area contributed by atoms with Gasteiger partial charge in [0.1, 0.15) is 18.2 Å². The lowest BCUT2D eigenvalue weighted by atomic mass is 10.1. The average molecular weight is 290 g/mol. The van der Waals surface area contributed by atoms with Gasteiger partial charge in [-0.25, -0.2) is 0 Å². The predicted molar refractivity (Wildman–Crippen MR) is 76.6 cm³/mol. The third-order valence-electron chi connectivity index (χ3n) is 4.42. The van der Waals surface area contributed by atoms with E-state index < -0.39 is 0 Å². The topological polar surface area (TPSA) is 39.9 Å². The molecule has 1 aliphatic carbocycles. The summed E-state index contributed by atoms with van der Waals surface area (Å²) in [7, 11) is 0. The summed E-state index contributed by atoms with van der Waals surface area (Å²) in [5, 5.41) is 9.43. The van der Waals surface area contributed by atoms with Gasteiger partial charge in [0.15, 0.2) is 5.82 Å². The average Bonchev–Trinajstić information content (AvgIpc) is 2.85. The van der Waals surface area contributed by atoms with Crippen LogP contribution in [0.2, 0.25) is 5.02 Å². The van der Waals surface area contributed by atoms with E-state index in [-0.39, 0.29) is 0 Å². The van der Waals surface area contributed by atoms with Crippen LogP contribution in [-0.4, -0.2) is 14.8 Å². The van der Waals surface area contributed by atoms with Gasteiger partial charge in [0, 0.05) is 17.0 Å². The number of aromatic nitrogens is 3. The number of fused-ring (bicyclic) bond motifs is 3. The van der Waals surface area contributed by atoms with Gasteiger partial charge in [-0.2, -0.15) is 0 Å². The van der Waals surface area contributed by atoms with E-state index in [1.165, 1.54) is 0 Å². The van der Waals surface area contributed by atoms with E-state index in [0.29, 0.717) is 17.9 Å². The molecular weight excluding hydrogens is 274 g/mol. The second kappa shape index (κ2) is 3.76. The Bertz CT molecular complexity index is 720. The van der Waals surface area contributed by atoms with Crippen LogP contribution in [0, 0.1) is 12.3 Å². The molecule has 1 aromatic carbocycles.